The van der Waals surface area contributed by atoms with Gasteiger partial charge in [0.15, 0.2) is 0 Å². The van der Waals surface area contributed by atoms with E-state index in [4.69, 9.17) is 5.73 Å². The monoisotopic (exact) mass is 289 g/mol. The Hall–Kier alpha value is -1.50. The highest BCUT2D eigenvalue weighted by atomic mass is 32.1. The van der Waals surface area contributed by atoms with E-state index in [1.54, 1.807) is 11.3 Å². The second-order valence-electron chi connectivity index (χ2n) is 4.89. The van der Waals surface area contributed by atoms with Gasteiger partial charge in [-0.2, -0.15) is 0 Å². The molecular weight excluding hydrogens is 270 g/mol. The first kappa shape index (κ1) is 13.5. The molecule has 0 saturated carbocycles. The standard InChI is InChI=1S/C14H19N5S/c15-9-14-17-12(11-20-14)10-18-5-7-19(8-6-18)13-3-1-2-4-16-13/h1-4,11H,5-10,15H2. The quantitative estimate of drug-likeness (QED) is 0.920. The summed E-state index contributed by atoms with van der Waals surface area (Å²) in [6.07, 6.45) is 1.85. The van der Waals surface area contributed by atoms with Gasteiger partial charge < -0.3 is 10.6 Å². The lowest BCUT2D eigenvalue weighted by Gasteiger charge is -2.35. The van der Waals surface area contributed by atoms with Gasteiger partial charge in [-0.1, -0.05) is 6.07 Å². The summed E-state index contributed by atoms with van der Waals surface area (Å²) in [5.74, 6) is 1.08. The fourth-order valence-corrected chi connectivity index (χ4v) is 3.09. The van der Waals surface area contributed by atoms with Crippen molar-refractivity contribution in [2.45, 2.75) is 13.1 Å². The van der Waals surface area contributed by atoms with Crippen LogP contribution in [0, 0.1) is 0 Å². The number of hydrogen-bond acceptors (Lipinski definition) is 6. The van der Waals surface area contributed by atoms with E-state index in [9.17, 15) is 0 Å². The summed E-state index contributed by atoms with van der Waals surface area (Å²) in [7, 11) is 0. The lowest BCUT2D eigenvalue weighted by molar-refractivity contribution is 0.247. The van der Waals surface area contributed by atoms with Crippen LogP contribution < -0.4 is 10.6 Å². The summed E-state index contributed by atoms with van der Waals surface area (Å²) in [6.45, 7) is 5.60. The lowest BCUT2D eigenvalue weighted by Crippen LogP contribution is -2.46. The van der Waals surface area contributed by atoms with E-state index >= 15 is 0 Å². The largest absolute Gasteiger partial charge is 0.354 e. The number of nitrogens with two attached hydrogens (primary N) is 1. The van der Waals surface area contributed by atoms with E-state index in [0.29, 0.717) is 6.54 Å². The molecule has 3 rings (SSSR count). The number of piperazine rings is 1. The van der Waals surface area contributed by atoms with Crippen molar-refractivity contribution in [1.82, 2.24) is 14.9 Å². The Morgan fingerprint density at radius 1 is 1.20 bits per heavy atom. The molecule has 106 valence electrons. The minimum atomic E-state index is 0.540. The molecule has 2 aromatic heterocycles. The summed E-state index contributed by atoms with van der Waals surface area (Å²) in [4.78, 5) is 13.7. The number of thiazole rings is 1. The van der Waals surface area contributed by atoms with Gasteiger partial charge in [-0.05, 0) is 12.1 Å². The van der Waals surface area contributed by atoms with Crippen LogP contribution in [-0.4, -0.2) is 41.0 Å². The molecule has 1 aliphatic heterocycles. The van der Waals surface area contributed by atoms with Crippen molar-refractivity contribution in [2.75, 3.05) is 31.1 Å². The van der Waals surface area contributed by atoms with Gasteiger partial charge in [0.25, 0.3) is 0 Å². The molecule has 0 radical (unpaired) electrons. The average molecular weight is 289 g/mol. The van der Waals surface area contributed by atoms with Crippen LogP contribution in [0.3, 0.4) is 0 Å². The second kappa shape index (κ2) is 6.30. The number of hydrogen-bond donors (Lipinski definition) is 1. The SMILES string of the molecule is NCc1nc(CN2CCN(c3ccccn3)CC2)cs1. The second-order valence-corrected chi connectivity index (χ2v) is 5.83. The highest BCUT2D eigenvalue weighted by molar-refractivity contribution is 7.09. The number of nitrogens with zero attached hydrogens (tertiary/aromatic N) is 4. The number of rotatable bonds is 4. The van der Waals surface area contributed by atoms with Crippen molar-refractivity contribution < 1.29 is 0 Å². The summed E-state index contributed by atoms with van der Waals surface area (Å²) >= 11 is 1.65. The van der Waals surface area contributed by atoms with E-state index < -0.39 is 0 Å². The van der Waals surface area contributed by atoms with Crippen LogP contribution in [0.5, 0.6) is 0 Å². The van der Waals surface area contributed by atoms with Crippen molar-refractivity contribution >= 4 is 17.2 Å². The zero-order chi connectivity index (χ0) is 13.8. The molecule has 0 bridgehead atoms. The van der Waals surface area contributed by atoms with Gasteiger partial charge in [-0.3, -0.25) is 4.90 Å². The minimum absolute atomic E-state index is 0.540. The fourth-order valence-electron chi connectivity index (χ4n) is 2.42. The maximum Gasteiger partial charge on any atom is 0.128 e. The molecule has 2 N–H and O–H groups in total. The third-order valence-electron chi connectivity index (χ3n) is 3.51. The number of anilines is 1. The molecule has 20 heavy (non-hydrogen) atoms. The highest BCUT2D eigenvalue weighted by Crippen LogP contribution is 2.15. The Kier molecular flexibility index (Phi) is 4.25. The molecular formula is C14H19N5S. The Labute approximate surface area is 123 Å². The Bertz CT molecular complexity index is 534. The molecule has 0 aromatic carbocycles. The molecule has 1 aliphatic rings. The third-order valence-corrected chi connectivity index (χ3v) is 4.43. The van der Waals surface area contributed by atoms with Crippen LogP contribution in [0.15, 0.2) is 29.8 Å². The van der Waals surface area contributed by atoms with Crippen LogP contribution in [0.2, 0.25) is 0 Å². The first-order valence-electron chi connectivity index (χ1n) is 6.87. The zero-order valence-corrected chi connectivity index (χ0v) is 12.2. The van der Waals surface area contributed by atoms with Crippen molar-refractivity contribution in [2.24, 2.45) is 5.73 Å². The molecule has 0 atom stereocenters. The predicted molar refractivity (Wildman–Crippen MR) is 81.7 cm³/mol. The Morgan fingerprint density at radius 3 is 2.70 bits per heavy atom. The number of aromatic nitrogens is 2. The molecule has 6 heteroatoms. The van der Waals surface area contributed by atoms with Crippen LogP contribution in [-0.2, 0) is 13.1 Å². The molecule has 0 spiro atoms. The van der Waals surface area contributed by atoms with Crippen LogP contribution in [0.1, 0.15) is 10.7 Å². The van der Waals surface area contributed by atoms with Gasteiger partial charge in [0, 0.05) is 50.8 Å². The van der Waals surface area contributed by atoms with Gasteiger partial charge in [0.05, 0.1) is 5.69 Å². The van der Waals surface area contributed by atoms with Crippen LogP contribution in [0.25, 0.3) is 0 Å². The van der Waals surface area contributed by atoms with Crippen molar-refractivity contribution in [3.63, 3.8) is 0 Å². The maximum atomic E-state index is 5.60. The Balaban J connectivity index is 1.53. The summed E-state index contributed by atoms with van der Waals surface area (Å²) < 4.78 is 0. The van der Waals surface area contributed by atoms with Crippen molar-refractivity contribution in [3.8, 4) is 0 Å². The molecule has 0 amide bonds. The molecule has 1 saturated heterocycles. The van der Waals surface area contributed by atoms with E-state index in [0.717, 1.165) is 49.2 Å². The summed E-state index contributed by atoms with van der Waals surface area (Å²) in [5, 5.41) is 3.14. The van der Waals surface area contributed by atoms with Crippen LogP contribution >= 0.6 is 11.3 Å². The maximum absolute atomic E-state index is 5.60. The normalized spacial score (nSPS) is 16.6. The van der Waals surface area contributed by atoms with Crippen molar-refractivity contribution in [1.29, 1.82) is 0 Å². The predicted octanol–water partition coefficient (Wildman–Crippen LogP) is 1.32. The van der Waals surface area contributed by atoms with E-state index in [2.05, 4.69) is 31.2 Å². The smallest absolute Gasteiger partial charge is 0.128 e. The zero-order valence-electron chi connectivity index (χ0n) is 11.4. The molecule has 3 heterocycles. The first-order valence-corrected chi connectivity index (χ1v) is 7.75. The number of pyridine rings is 1. The van der Waals surface area contributed by atoms with Crippen molar-refractivity contribution in [3.05, 3.63) is 40.5 Å². The molecule has 0 aliphatic carbocycles. The van der Waals surface area contributed by atoms with Gasteiger partial charge in [-0.25, -0.2) is 9.97 Å². The topological polar surface area (TPSA) is 58.3 Å². The van der Waals surface area contributed by atoms with Crippen LogP contribution in [0.4, 0.5) is 5.82 Å². The van der Waals surface area contributed by atoms with Gasteiger partial charge in [-0.15, -0.1) is 11.3 Å². The Morgan fingerprint density at radius 2 is 2.05 bits per heavy atom. The summed E-state index contributed by atoms with van der Waals surface area (Å²) in [5.41, 5.74) is 6.74. The van der Waals surface area contributed by atoms with E-state index in [1.807, 2.05) is 18.3 Å². The van der Waals surface area contributed by atoms with Gasteiger partial charge in [0.1, 0.15) is 10.8 Å². The van der Waals surface area contributed by atoms with E-state index in [1.165, 1.54) is 0 Å². The molecule has 0 unspecified atom stereocenters. The minimum Gasteiger partial charge on any atom is -0.354 e. The average Bonchev–Trinajstić information content (AvgIpc) is 2.97. The lowest BCUT2D eigenvalue weighted by atomic mass is 10.3. The molecule has 5 nitrogen and oxygen atoms in total. The summed E-state index contributed by atoms with van der Waals surface area (Å²) in [6, 6.07) is 6.07. The van der Waals surface area contributed by atoms with Gasteiger partial charge >= 0.3 is 0 Å². The van der Waals surface area contributed by atoms with Gasteiger partial charge in [0.2, 0.25) is 0 Å². The first-order chi connectivity index (χ1) is 9.85. The third kappa shape index (κ3) is 3.15. The fraction of sp³-hybridized carbons (Fsp3) is 0.429. The molecule has 2 aromatic rings. The van der Waals surface area contributed by atoms with E-state index in [-0.39, 0.29) is 0 Å². The highest BCUT2D eigenvalue weighted by Gasteiger charge is 2.18. The molecule has 1 fully saturated rings.